The van der Waals surface area contributed by atoms with Crippen molar-refractivity contribution < 1.29 is 19.5 Å². The molecule has 2 aromatic carbocycles. The highest BCUT2D eigenvalue weighted by Gasteiger charge is 2.48. The summed E-state index contributed by atoms with van der Waals surface area (Å²) in [5.41, 5.74) is 10.6. The van der Waals surface area contributed by atoms with Crippen LogP contribution in [0.15, 0.2) is 54.6 Å². The number of fused-ring (bicyclic) bond motifs is 1. The number of aryl methyl sites for hydroxylation is 1. The van der Waals surface area contributed by atoms with Gasteiger partial charge in [0.1, 0.15) is 23.9 Å². The van der Waals surface area contributed by atoms with Gasteiger partial charge in [-0.25, -0.2) is 5.48 Å². The van der Waals surface area contributed by atoms with E-state index in [4.69, 9.17) is 15.7 Å². The molecule has 0 radical (unpaired) electrons. The summed E-state index contributed by atoms with van der Waals surface area (Å²) in [7, 11) is 0. The molecule has 8 nitrogen and oxygen atoms in total. The first-order chi connectivity index (χ1) is 16.7. The van der Waals surface area contributed by atoms with Crippen molar-refractivity contribution in [2.75, 3.05) is 6.54 Å². The first kappa shape index (κ1) is 24.6. The molecule has 1 aliphatic heterocycles. The van der Waals surface area contributed by atoms with Crippen molar-refractivity contribution in [1.82, 2.24) is 15.4 Å². The number of hydroxylamine groups is 1. The zero-order valence-corrected chi connectivity index (χ0v) is 20.3. The molecule has 0 spiro atoms. The number of nitrogens with two attached hydrogens (primary N) is 1. The smallest absolute Gasteiger partial charge is 0.266 e. The Labute approximate surface area is 205 Å². The molecule has 4 rings (SSSR count). The number of nitrogens with one attached hydrogen (secondary N) is 1. The monoisotopic (exact) mass is 476 g/mol. The maximum Gasteiger partial charge on any atom is 0.266 e. The number of para-hydroxylation sites is 1. The summed E-state index contributed by atoms with van der Waals surface area (Å²) < 4.78 is 6.04. The van der Waals surface area contributed by atoms with Gasteiger partial charge in [0.15, 0.2) is 0 Å². The number of amides is 2. The largest absolute Gasteiger partial charge is 0.489 e. The second-order valence-corrected chi connectivity index (χ2v) is 9.59. The quantitative estimate of drug-likeness (QED) is 0.339. The summed E-state index contributed by atoms with van der Waals surface area (Å²) in [6, 6.07) is 16.4. The van der Waals surface area contributed by atoms with Crippen LogP contribution in [-0.2, 0) is 21.7 Å². The standard InChI is InChI=1S/C27H32N4O4/c1-17(2)14-24(25(32)30-34)31-13-12-27(28,26(31)33)20-8-10-21(11-9-20)35-16-19-15-18(3)29-23-7-5-4-6-22(19)23/h4-11,15,17,24,34H,12-14,16,28H2,1-3H3,(H,30,32)/t24-,27+/m0/s1. The molecule has 1 aliphatic rings. The van der Waals surface area contributed by atoms with E-state index in [1.807, 2.05) is 63.2 Å². The summed E-state index contributed by atoms with van der Waals surface area (Å²) in [5.74, 6) is -0.0933. The number of benzene rings is 2. The third-order valence-electron chi connectivity index (χ3n) is 6.57. The van der Waals surface area contributed by atoms with Gasteiger partial charge < -0.3 is 15.4 Å². The van der Waals surface area contributed by atoms with Crippen LogP contribution in [0, 0.1) is 12.8 Å². The van der Waals surface area contributed by atoms with E-state index in [0.29, 0.717) is 37.3 Å². The number of ether oxygens (including phenoxy) is 1. The van der Waals surface area contributed by atoms with Crippen molar-refractivity contribution in [2.24, 2.45) is 11.7 Å². The average Bonchev–Trinajstić information content (AvgIpc) is 3.15. The van der Waals surface area contributed by atoms with Crippen LogP contribution in [0.25, 0.3) is 10.9 Å². The fourth-order valence-electron chi connectivity index (χ4n) is 4.75. The normalized spacial score (nSPS) is 18.8. The van der Waals surface area contributed by atoms with Gasteiger partial charge >= 0.3 is 0 Å². The lowest BCUT2D eigenvalue weighted by Crippen LogP contribution is -2.52. The summed E-state index contributed by atoms with van der Waals surface area (Å²) in [6.45, 7) is 6.61. The van der Waals surface area contributed by atoms with Gasteiger partial charge in [0, 0.05) is 23.2 Å². The van der Waals surface area contributed by atoms with Crippen LogP contribution < -0.4 is 16.0 Å². The third kappa shape index (κ3) is 4.99. The van der Waals surface area contributed by atoms with Gasteiger partial charge in [-0.1, -0.05) is 44.2 Å². The molecule has 1 aromatic heterocycles. The van der Waals surface area contributed by atoms with Gasteiger partial charge in [0.05, 0.1) is 5.52 Å². The highest BCUT2D eigenvalue weighted by molar-refractivity contribution is 5.94. The van der Waals surface area contributed by atoms with Crippen LogP contribution in [0.1, 0.15) is 43.5 Å². The van der Waals surface area contributed by atoms with Gasteiger partial charge in [0.25, 0.3) is 5.91 Å². The van der Waals surface area contributed by atoms with Gasteiger partial charge in [-0.3, -0.25) is 19.8 Å². The molecule has 2 heterocycles. The molecular formula is C27H32N4O4. The number of aromatic nitrogens is 1. The van der Waals surface area contributed by atoms with E-state index < -0.39 is 17.5 Å². The van der Waals surface area contributed by atoms with Gasteiger partial charge in [-0.15, -0.1) is 0 Å². The molecule has 2 atom stereocenters. The van der Waals surface area contributed by atoms with Crippen LogP contribution in [0.5, 0.6) is 5.75 Å². The van der Waals surface area contributed by atoms with E-state index in [0.717, 1.165) is 22.2 Å². The van der Waals surface area contributed by atoms with Crippen molar-refractivity contribution in [1.29, 1.82) is 0 Å². The minimum absolute atomic E-state index is 0.163. The molecule has 1 fully saturated rings. The van der Waals surface area contributed by atoms with Crippen LogP contribution in [-0.4, -0.2) is 39.5 Å². The molecule has 0 saturated carbocycles. The maximum atomic E-state index is 13.3. The lowest BCUT2D eigenvalue weighted by molar-refractivity contribution is -0.144. The van der Waals surface area contributed by atoms with Gasteiger partial charge in [0.2, 0.25) is 5.91 Å². The Morgan fingerprint density at radius 3 is 2.63 bits per heavy atom. The van der Waals surface area contributed by atoms with Crippen LogP contribution in [0.2, 0.25) is 0 Å². The Morgan fingerprint density at radius 2 is 1.94 bits per heavy atom. The fourth-order valence-corrected chi connectivity index (χ4v) is 4.75. The highest BCUT2D eigenvalue weighted by Crippen LogP contribution is 2.34. The first-order valence-electron chi connectivity index (χ1n) is 11.9. The highest BCUT2D eigenvalue weighted by atomic mass is 16.5. The lowest BCUT2D eigenvalue weighted by atomic mass is 9.89. The zero-order valence-electron chi connectivity index (χ0n) is 20.3. The van der Waals surface area contributed by atoms with Crippen LogP contribution in [0.3, 0.4) is 0 Å². The summed E-state index contributed by atoms with van der Waals surface area (Å²) in [6.07, 6.45) is 0.811. The van der Waals surface area contributed by atoms with Crippen molar-refractivity contribution >= 4 is 22.7 Å². The van der Waals surface area contributed by atoms with E-state index in [1.54, 1.807) is 17.6 Å². The van der Waals surface area contributed by atoms with Crippen molar-refractivity contribution in [2.45, 2.75) is 51.8 Å². The predicted molar refractivity (Wildman–Crippen MR) is 133 cm³/mol. The summed E-state index contributed by atoms with van der Waals surface area (Å²) >= 11 is 0. The molecular weight excluding hydrogens is 444 g/mol. The first-order valence-corrected chi connectivity index (χ1v) is 11.9. The molecule has 4 N–H and O–H groups in total. The molecule has 2 amide bonds. The third-order valence-corrected chi connectivity index (χ3v) is 6.57. The Kier molecular flexibility index (Phi) is 7.05. The minimum Gasteiger partial charge on any atom is -0.489 e. The maximum absolute atomic E-state index is 13.3. The molecule has 0 bridgehead atoms. The van der Waals surface area contributed by atoms with Crippen molar-refractivity contribution in [3.63, 3.8) is 0 Å². The van der Waals surface area contributed by atoms with E-state index in [9.17, 15) is 9.59 Å². The molecule has 0 unspecified atom stereocenters. The molecule has 0 aliphatic carbocycles. The topological polar surface area (TPSA) is 118 Å². The molecule has 8 heteroatoms. The number of nitrogens with zero attached hydrogens (tertiary/aromatic N) is 2. The number of hydrogen-bond acceptors (Lipinski definition) is 6. The van der Waals surface area contributed by atoms with Crippen molar-refractivity contribution in [3.05, 3.63) is 71.4 Å². The zero-order chi connectivity index (χ0) is 25.2. The number of rotatable bonds is 8. The minimum atomic E-state index is -1.23. The van der Waals surface area contributed by atoms with Gasteiger partial charge in [-0.05, 0) is 55.5 Å². The van der Waals surface area contributed by atoms with Gasteiger partial charge in [-0.2, -0.15) is 0 Å². The number of hydrogen-bond donors (Lipinski definition) is 3. The van der Waals surface area contributed by atoms with Crippen LogP contribution in [0.4, 0.5) is 0 Å². The number of likely N-dealkylation sites (tertiary alicyclic amines) is 1. The average molecular weight is 477 g/mol. The van der Waals surface area contributed by atoms with E-state index >= 15 is 0 Å². The van der Waals surface area contributed by atoms with E-state index in [1.165, 1.54) is 4.90 Å². The van der Waals surface area contributed by atoms with Crippen LogP contribution >= 0.6 is 0 Å². The van der Waals surface area contributed by atoms with E-state index in [-0.39, 0.29) is 11.8 Å². The summed E-state index contributed by atoms with van der Waals surface area (Å²) in [4.78, 5) is 31.6. The SMILES string of the molecule is Cc1cc(COc2ccc([C@]3(N)CCN([C@@H](CC(C)C)C(=O)NO)C3=O)cc2)c2ccccc2n1. The fraction of sp³-hybridized carbons (Fsp3) is 0.370. The molecule has 3 aromatic rings. The Balaban J connectivity index is 1.49. The Hall–Kier alpha value is -3.49. The predicted octanol–water partition coefficient (Wildman–Crippen LogP) is 3.43. The Bertz CT molecular complexity index is 1230. The number of carbonyl (C=O) groups excluding carboxylic acids is 2. The number of pyridine rings is 1. The second-order valence-electron chi connectivity index (χ2n) is 9.59. The second kappa shape index (κ2) is 10.0. The van der Waals surface area contributed by atoms with E-state index in [2.05, 4.69) is 4.98 Å². The molecule has 1 saturated heterocycles. The lowest BCUT2D eigenvalue weighted by Gasteiger charge is -2.30. The molecule has 35 heavy (non-hydrogen) atoms. The number of carbonyl (C=O) groups is 2. The Morgan fingerprint density at radius 1 is 1.23 bits per heavy atom. The molecule has 184 valence electrons. The summed E-state index contributed by atoms with van der Waals surface area (Å²) in [5, 5.41) is 10.2. The van der Waals surface area contributed by atoms with Crippen molar-refractivity contribution in [3.8, 4) is 5.75 Å².